The van der Waals surface area contributed by atoms with Gasteiger partial charge in [0, 0.05) is 29.7 Å². The highest BCUT2D eigenvalue weighted by Gasteiger charge is 2.42. The number of ether oxygens (including phenoxy) is 1. The number of para-hydroxylation sites is 1. The highest BCUT2D eigenvalue weighted by molar-refractivity contribution is 5.93. The molecule has 144 valence electrons. The minimum Gasteiger partial charge on any atom is -0.434 e. The van der Waals surface area contributed by atoms with Crippen LogP contribution in [0.15, 0.2) is 71.9 Å². The van der Waals surface area contributed by atoms with Crippen molar-refractivity contribution in [1.29, 1.82) is 5.26 Å². The summed E-state index contributed by atoms with van der Waals surface area (Å²) in [5, 5.41) is 25.6. The summed E-state index contributed by atoms with van der Waals surface area (Å²) in [6.45, 7) is 1.94. The standard InChI is InChI=1S/C22H18N4O3/c1-13-7-9-14(10-8-13)19-16(11-23)21(29-22(24-2)20(19)26(27)28)17-12-25-18-6-4-3-5-15(17)18/h3-10,12,19,24-25H,1-2H3. The molecule has 0 saturated heterocycles. The number of aromatic nitrogens is 1. The molecule has 1 aliphatic rings. The zero-order valence-electron chi connectivity index (χ0n) is 15.9. The van der Waals surface area contributed by atoms with Gasteiger partial charge < -0.3 is 15.0 Å². The summed E-state index contributed by atoms with van der Waals surface area (Å²) >= 11 is 0. The number of nitrogens with zero attached hydrogens (tertiary/aromatic N) is 2. The van der Waals surface area contributed by atoms with Crippen LogP contribution in [0.1, 0.15) is 22.6 Å². The third-order valence-electron chi connectivity index (χ3n) is 5.03. The van der Waals surface area contributed by atoms with Crippen molar-refractivity contribution < 1.29 is 9.66 Å². The summed E-state index contributed by atoms with van der Waals surface area (Å²) in [5.41, 5.74) is 3.27. The number of nitro groups is 1. The Morgan fingerprint density at radius 1 is 1.21 bits per heavy atom. The summed E-state index contributed by atoms with van der Waals surface area (Å²) in [4.78, 5) is 14.6. The second-order valence-electron chi connectivity index (χ2n) is 6.77. The second-order valence-corrected chi connectivity index (χ2v) is 6.77. The number of H-pyrrole nitrogens is 1. The number of benzene rings is 2. The Morgan fingerprint density at radius 3 is 2.59 bits per heavy atom. The first-order valence-electron chi connectivity index (χ1n) is 9.06. The number of allylic oxidation sites excluding steroid dienone is 1. The van der Waals surface area contributed by atoms with Gasteiger partial charge in [-0.1, -0.05) is 48.0 Å². The van der Waals surface area contributed by atoms with Gasteiger partial charge >= 0.3 is 5.70 Å². The van der Waals surface area contributed by atoms with Crippen molar-refractivity contribution >= 4 is 16.7 Å². The Balaban J connectivity index is 2.00. The molecule has 0 amide bonds. The van der Waals surface area contributed by atoms with E-state index in [1.807, 2.05) is 55.5 Å². The summed E-state index contributed by atoms with van der Waals surface area (Å²) < 4.78 is 5.90. The maximum Gasteiger partial charge on any atom is 0.318 e. The molecule has 0 saturated carbocycles. The zero-order chi connectivity index (χ0) is 20.5. The molecule has 2 aromatic carbocycles. The minimum atomic E-state index is -0.851. The monoisotopic (exact) mass is 386 g/mol. The van der Waals surface area contributed by atoms with E-state index in [0.29, 0.717) is 16.9 Å². The van der Waals surface area contributed by atoms with Gasteiger partial charge in [-0.15, -0.1) is 0 Å². The highest BCUT2D eigenvalue weighted by atomic mass is 16.6. The van der Waals surface area contributed by atoms with Crippen molar-refractivity contribution in [3.63, 3.8) is 0 Å². The average Bonchev–Trinajstić information content (AvgIpc) is 3.16. The molecule has 0 bridgehead atoms. The largest absolute Gasteiger partial charge is 0.434 e. The molecule has 1 aromatic heterocycles. The van der Waals surface area contributed by atoms with Crippen LogP contribution in [0.5, 0.6) is 0 Å². The van der Waals surface area contributed by atoms with E-state index in [-0.39, 0.29) is 17.2 Å². The zero-order valence-corrected chi connectivity index (χ0v) is 15.9. The molecule has 2 N–H and O–H groups in total. The van der Waals surface area contributed by atoms with E-state index in [4.69, 9.17) is 4.74 Å². The lowest BCUT2D eigenvalue weighted by Gasteiger charge is -2.25. The molecule has 0 aliphatic carbocycles. The summed E-state index contributed by atoms with van der Waals surface area (Å²) in [6, 6.07) is 17.2. The fourth-order valence-corrected chi connectivity index (χ4v) is 3.63. The van der Waals surface area contributed by atoms with Crippen LogP contribution in [0.2, 0.25) is 0 Å². The lowest BCUT2D eigenvalue weighted by atomic mass is 9.85. The number of hydrogen-bond acceptors (Lipinski definition) is 5. The van der Waals surface area contributed by atoms with Crippen molar-refractivity contribution in [1.82, 2.24) is 10.3 Å². The van der Waals surface area contributed by atoms with Crippen LogP contribution in [-0.2, 0) is 4.74 Å². The van der Waals surface area contributed by atoms with Crippen molar-refractivity contribution in [3.05, 3.63) is 98.7 Å². The molecule has 7 nitrogen and oxygen atoms in total. The van der Waals surface area contributed by atoms with Crippen LogP contribution in [0.3, 0.4) is 0 Å². The van der Waals surface area contributed by atoms with E-state index < -0.39 is 10.8 Å². The first-order valence-corrected chi connectivity index (χ1v) is 9.06. The van der Waals surface area contributed by atoms with Gasteiger partial charge in [-0.3, -0.25) is 10.1 Å². The molecule has 7 heteroatoms. The van der Waals surface area contributed by atoms with Crippen LogP contribution in [0, 0.1) is 28.4 Å². The Bertz CT molecular complexity index is 1210. The molecule has 0 spiro atoms. The van der Waals surface area contributed by atoms with E-state index in [0.717, 1.165) is 16.5 Å². The number of fused-ring (bicyclic) bond motifs is 1. The molecule has 4 rings (SSSR count). The fourth-order valence-electron chi connectivity index (χ4n) is 3.63. The number of nitrogens with one attached hydrogen (secondary N) is 2. The molecular formula is C22H18N4O3. The molecule has 0 fully saturated rings. The van der Waals surface area contributed by atoms with Gasteiger partial charge in [0.2, 0.25) is 0 Å². The first-order chi connectivity index (χ1) is 14.0. The van der Waals surface area contributed by atoms with Gasteiger partial charge in [-0.25, -0.2) is 0 Å². The number of aryl methyl sites for hydroxylation is 1. The third kappa shape index (κ3) is 3.01. The van der Waals surface area contributed by atoms with E-state index in [1.54, 1.807) is 13.2 Å². The van der Waals surface area contributed by atoms with Crippen molar-refractivity contribution in [2.75, 3.05) is 7.05 Å². The van der Waals surface area contributed by atoms with Crippen LogP contribution >= 0.6 is 0 Å². The van der Waals surface area contributed by atoms with Crippen LogP contribution in [0.25, 0.3) is 16.7 Å². The summed E-state index contributed by atoms with van der Waals surface area (Å²) in [5.74, 6) is -0.513. The van der Waals surface area contributed by atoms with Gasteiger partial charge in [0.25, 0.3) is 5.88 Å². The molecule has 1 unspecified atom stereocenters. The van der Waals surface area contributed by atoms with Crippen molar-refractivity contribution in [2.45, 2.75) is 12.8 Å². The quantitative estimate of drug-likeness (QED) is 0.517. The Hall–Kier alpha value is -4.05. The Morgan fingerprint density at radius 2 is 1.93 bits per heavy atom. The first kappa shape index (κ1) is 18.3. The van der Waals surface area contributed by atoms with E-state index in [1.165, 1.54) is 0 Å². The Kier molecular flexibility index (Phi) is 4.53. The third-order valence-corrected chi connectivity index (χ3v) is 5.03. The van der Waals surface area contributed by atoms with Gasteiger partial charge in [-0.05, 0) is 18.6 Å². The molecule has 3 aromatic rings. The van der Waals surface area contributed by atoms with Crippen molar-refractivity contribution in [2.24, 2.45) is 0 Å². The molecule has 1 atom stereocenters. The molecular weight excluding hydrogens is 368 g/mol. The van der Waals surface area contributed by atoms with Crippen LogP contribution in [0.4, 0.5) is 0 Å². The van der Waals surface area contributed by atoms with Crippen LogP contribution < -0.4 is 5.32 Å². The molecule has 1 aliphatic heterocycles. The van der Waals surface area contributed by atoms with E-state index in [2.05, 4.69) is 16.4 Å². The van der Waals surface area contributed by atoms with E-state index in [9.17, 15) is 15.4 Å². The smallest absolute Gasteiger partial charge is 0.318 e. The fraction of sp³-hybridized carbons (Fsp3) is 0.136. The van der Waals surface area contributed by atoms with Crippen molar-refractivity contribution in [3.8, 4) is 6.07 Å². The average molecular weight is 386 g/mol. The van der Waals surface area contributed by atoms with Gasteiger partial charge in [-0.2, -0.15) is 5.26 Å². The lowest BCUT2D eigenvalue weighted by molar-refractivity contribution is -0.433. The second kappa shape index (κ2) is 7.17. The number of rotatable bonds is 4. The van der Waals surface area contributed by atoms with Gasteiger partial charge in [0.1, 0.15) is 5.92 Å². The number of aromatic amines is 1. The SMILES string of the molecule is CNC1=C([N+](=O)[O-])C(c2ccc(C)cc2)C(C#N)=C(c2c[nH]c3ccccc23)O1. The summed E-state index contributed by atoms with van der Waals surface area (Å²) in [6.07, 6.45) is 1.76. The predicted octanol–water partition coefficient (Wildman–Crippen LogP) is 4.19. The number of hydrogen-bond donors (Lipinski definition) is 2. The maximum atomic E-state index is 11.9. The van der Waals surface area contributed by atoms with Gasteiger partial charge in [0.15, 0.2) is 5.76 Å². The topological polar surface area (TPSA) is 104 Å². The molecule has 29 heavy (non-hydrogen) atoms. The van der Waals surface area contributed by atoms with E-state index >= 15 is 0 Å². The maximum absolute atomic E-state index is 11.9. The predicted molar refractivity (Wildman–Crippen MR) is 109 cm³/mol. The molecule has 0 radical (unpaired) electrons. The summed E-state index contributed by atoms with van der Waals surface area (Å²) in [7, 11) is 1.56. The van der Waals surface area contributed by atoms with Gasteiger partial charge in [0.05, 0.1) is 16.6 Å². The Labute approximate surface area is 167 Å². The molecule has 2 heterocycles. The number of nitriles is 1. The van der Waals surface area contributed by atoms with Crippen LogP contribution in [-0.4, -0.2) is 17.0 Å². The normalized spacial score (nSPS) is 16.5. The highest BCUT2D eigenvalue weighted by Crippen LogP contribution is 2.44. The minimum absolute atomic E-state index is 0.0276. The lowest BCUT2D eigenvalue weighted by Crippen LogP contribution is -2.26.